The number of likely N-dealkylation sites (tertiary alicyclic amines) is 1. The molecule has 1 aliphatic rings. The van der Waals surface area contributed by atoms with E-state index in [1.807, 2.05) is 59.5 Å². The molecule has 1 unspecified atom stereocenters. The molecule has 1 aliphatic heterocycles. The topological polar surface area (TPSA) is 75.8 Å². The molecule has 0 amide bonds. The van der Waals surface area contributed by atoms with Crippen LogP contribution in [0.3, 0.4) is 0 Å². The van der Waals surface area contributed by atoms with Crippen molar-refractivity contribution in [1.29, 1.82) is 0 Å². The van der Waals surface area contributed by atoms with E-state index in [2.05, 4.69) is 13.8 Å². The van der Waals surface area contributed by atoms with Gasteiger partial charge in [-0.25, -0.2) is 4.98 Å². The molecular weight excluding hydrogens is 404 g/mol. The minimum Gasteiger partial charge on any atom is -0.493 e. The lowest BCUT2D eigenvalue weighted by Gasteiger charge is -2.21. The van der Waals surface area contributed by atoms with Gasteiger partial charge in [-0.15, -0.1) is 0 Å². The molecule has 0 bridgehead atoms. The van der Waals surface area contributed by atoms with E-state index in [0.717, 1.165) is 47.7 Å². The van der Waals surface area contributed by atoms with E-state index in [1.165, 1.54) is 0 Å². The Morgan fingerprint density at radius 3 is 2.62 bits per heavy atom. The Kier molecular flexibility index (Phi) is 6.90. The number of hydrogen-bond donors (Lipinski definition) is 1. The van der Waals surface area contributed by atoms with Crippen molar-refractivity contribution in [1.82, 2.24) is 9.88 Å². The van der Waals surface area contributed by atoms with Crippen LogP contribution in [0, 0.1) is 0 Å². The first-order chi connectivity index (χ1) is 15.5. The summed E-state index contributed by atoms with van der Waals surface area (Å²) in [5.41, 5.74) is 3.00. The van der Waals surface area contributed by atoms with Crippen molar-refractivity contribution in [3.8, 4) is 17.2 Å². The molecule has 168 valence electrons. The van der Waals surface area contributed by atoms with E-state index in [0.29, 0.717) is 25.5 Å². The number of oxazole rings is 1. The lowest BCUT2D eigenvalue weighted by Crippen LogP contribution is -2.35. The number of hydrogen-bond acceptors (Lipinski definition) is 5. The highest BCUT2D eigenvalue weighted by atomic mass is 16.5. The summed E-state index contributed by atoms with van der Waals surface area (Å²) in [4.78, 5) is 18.1. The Morgan fingerprint density at radius 1 is 1.19 bits per heavy atom. The Morgan fingerprint density at radius 2 is 1.94 bits per heavy atom. The lowest BCUT2D eigenvalue weighted by molar-refractivity contribution is -0.142. The second-order valence-corrected chi connectivity index (χ2v) is 8.56. The van der Waals surface area contributed by atoms with Crippen molar-refractivity contribution in [2.75, 3.05) is 13.2 Å². The van der Waals surface area contributed by atoms with Gasteiger partial charge in [-0.05, 0) is 49.2 Å². The normalized spacial score (nSPS) is 16.5. The van der Waals surface area contributed by atoms with Crippen molar-refractivity contribution in [2.24, 2.45) is 0 Å². The van der Waals surface area contributed by atoms with E-state index in [4.69, 9.17) is 14.1 Å². The molecule has 2 aromatic carbocycles. The summed E-state index contributed by atoms with van der Waals surface area (Å²) in [5, 5.41) is 9.34. The maximum Gasteiger partial charge on any atom is 0.320 e. The molecule has 1 saturated heterocycles. The Balaban J connectivity index is 1.34. The summed E-state index contributed by atoms with van der Waals surface area (Å²) >= 11 is 0. The monoisotopic (exact) mass is 434 g/mol. The largest absolute Gasteiger partial charge is 0.493 e. The third-order valence-electron chi connectivity index (χ3n) is 5.84. The molecule has 6 heteroatoms. The second-order valence-electron chi connectivity index (χ2n) is 8.56. The van der Waals surface area contributed by atoms with Crippen molar-refractivity contribution in [3.63, 3.8) is 0 Å². The van der Waals surface area contributed by atoms with Gasteiger partial charge in [0.15, 0.2) is 0 Å². The van der Waals surface area contributed by atoms with Crippen LogP contribution in [0.5, 0.6) is 5.75 Å². The van der Waals surface area contributed by atoms with Gasteiger partial charge in [0.2, 0.25) is 5.89 Å². The van der Waals surface area contributed by atoms with Gasteiger partial charge >= 0.3 is 5.97 Å². The molecule has 1 fully saturated rings. The third kappa shape index (κ3) is 5.19. The molecule has 0 spiro atoms. The number of rotatable bonds is 9. The zero-order chi connectivity index (χ0) is 22.5. The van der Waals surface area contributed by atoms with Crippen LogP contribution in [-0.2, 0) is 17.8 Å². The van der Waals surface area contributed by atoms with Crippen molar-refractivity contribution in [3.05, 3.63) is 71.6 Å². The Bertz CT molecular complexity index is 1030. The molecule has 32 heavy (non-hydrogen) atoms. The number of carboxylic acid groups (broad SMARTS) is 1. The predicted octanol–water partition coefficient (Wildman–Crippen LogP) is 5.14. The lowest BCUT2D eigenvalue weighted by atomic mass is 10.1. The van der Waals surface area contributed by atoms with Crippen LogP contribution in [0.15, 0.2) is 59.0 Å². The van der Waals surface area contributed by atoms with Crippen molar-refractivity contribution < 1.29 is 19.1 Å². The number of carbonyl (C=O) groups is 1. The van der Waals surface area contributed by atoms with Crippen LogP contribution < -0.4 is 4.74 Å². The van der Waals surface area contributed by atoms with Crippen LogP contribution in [0.1, 0.15) is 49.6 Å². The second kappa shape index (κ2) is 10.0. The van der Waals surface area contributed by atoms with E-state index in [1.54, 1.807) is 0 Å². The van der Waals surface area contributed by atoms with Gasteiger partial charge < -0.3 is 14.3 Å². The molecule has 1 N–H and O–H groups in total. The summed E-state index contributed by atoms with van der Waals surface area (Å²) in [6, 6.07) is 17.5. The summed E-state index contributed by atoms with van der Waals surface area (Å²) in [6.07, 6.45) is 2.33. The van der Waals surface area contributed by atoms with Gasteiger partial charge in [-0.3, -0.25) is 9.69 Å². The molecule has 6 nitrogen and oxygen atoms in total. The zero-order valence-corrected chi connectivity index (χ0v) is 18.7. The van der Waals surface area contributed by atoms with E-state index in [9.17, 15) is 9.90 Å². The third-order valence-corrected chi connectivity index (χ3v) is 5.84. The summed E-state index contributed by atoms with van der Waals surface area (Å²) < 4.78 is 12.0. The first-order valence-electron chi connectivity index (χ1n) is 11.2. The molecule has 0 saturated carbocycles. The maximum atomic E-state index is 11.4. The highest BCUT2D eigenvalue weighted by Gasteiger charge is 2.30. The number of ether oxygens (including phenoxy) is 1. The van der Waals surface area contributed by atoms with Crippen LogP contribution in [0.4, 0.5) is 0 Å². The van der Waals surface area contributed by atoms with Crippen LogP contribution in [0.25, 0.3) is 11.5 Å². The van der Waals surface area contributed by atoms with Gasteiger partial charge in [-0.2, -0.15) is 0 Å². The Labute approximate surface area is 188 Å². The van der Waals surface area contributed by atoms with E-state index < -0.39 is 5.97 Å². The van der Waals surface area contributed by atoms with E-state index >= 15 is 0 Å². The molecule has 1 aromatic heterocycles. The summed E-state index contributed by atoms with van der Waals surface area (Å²) in [5.74, 6) is 1.86. The highest BCUT2D eigenvalue weighted by molar-refractivity contribution is 5.73. The Hall–Kier alpha value is -3.12. The SMILES string of the molecule is CC(C)c1oc(-c2ccccc2)nc1CCOc1ccc(CN2CCCC2C(=O)O)cc1. The number of aliphatic carboxylic acids is 1. The number of carboxylic acids is 1. The fraction of sp³-hybridized carbons (Fsp3) is 0.385. The standard InChI is InChI=1S/C26H30N2O4/c1-18(2)24-22(27-25(32-24)20-7-4-3-5-8-20)14-16-31-21-12-10-19(11-13-21)17-28-15-6-9-23(28)26(29)30/h3-5,7-8,10-13,18,23H,6,9,14-17H2,1-2H3,(H,29,30). The quantitative estimate of drug-likeness (QED) is 0.503. The minimum absolute atomic E-state index is 0.245. The average molecular weight is 435 g/mol. The number of aromatic nitrogens is 1. The fourth-order valence-electron chi connectivity index (χ4n) is 4.18. The number of benzene rings is 2. The fourth-order valence-corrected chi connectivity index (χ4v) is 4.18. The summed E-state index contributed by atoms with van der Waals surface area (Å²) in [7, 11) is 0. The highest BCUT2D eigenvalue weighted by Crippen LogP contribution is 2.27. The van der Waals surface area contributed by atoms with Gasteiger partial charge in [-0.1, -0.05) is 44.2 Å². The smallest absolute Gasteiger partial charge is 0.320 e. The zero-order valence-electron chi connectivity index (χ0n) is 18.7. The van der Waals surface area contributed by atoms with Crippen LogP contribution >= 0.6 is 0 Å². The molecule has 3 aromatic rings. The predicted molar refractivity (Wildman–Crippen MR) is 123 cm³/mol. The molecule has 0 aliphatic carbocycles. The summed E-state index contributed by atoms with van der Waals surface area (Å²) in [6.45, 7) is 6.20. The average Bonchev–Trinajstić information content (AvgIpc) is 3.43. The molecular formula is C26H30N2O4. The molecule has 4 rings (SSSR count). The van der Waals surface area contributed by atoms with Crippen LogP contribution in [-0.4, -0.2) is 40.2 Å². The van der Waals surface area contributed by atoms with Gasteiger partial charge in [0.1, 0.15) is 17.6 Å². The minimum atomic E-state index is -0.730. The van der Waals surface area contributed by atoms with E-state index in [-0.39, 0.29) is 12.0 Å². The van der Waals surface area contributed by atoms with Gasteiger partial charge in [0.25, 0.3) is 0 Å². The van der Waals surface area contributed by atoms with Crippen molar-refractivity contribution >= 4 is 5.97 Å². The maximum absolute atomic E-state index is 11.4. The molecule has 2 heterocycles. The molecule has 1 atom stereocenters. The first-order valence-corrected chi connectivity index (χ1v) is 11.2. The van der Waals surface area contributed by atoms with Gasteiger partial charge in [0, 0.05) is 24.4 Å². The first kappa shape index (κ1) is 22.1. The molecule has 0 radical (unpaired) electrons. The van der Waals surface area contributed by atoms with Gasteiger partial charge in [0.05, 0.1) is 12.3 Å². The number of nitrogens with zero attached hydrogens (tertiary/aromatic N) is 2. The van der Waals surface area contributed by atoms with Crippen molar-refractivity contribution in [2.45, 2.75) is 51.6 Å². The van der Waals surface area contributed by atoms with Crippen LogP contribution in [0.2, 0.25) is 0 Å².